The van der Waals surface area contributed by atoms with Gasteiger partial charge in [-0.2, -0.15) is 0 Å². The first-order chi connectivity index (χ1) is 13.7. The van der Waals surface area contributed by atoms with Gasteiger partial charge in [-0.15, -0.1) is 0 Å². The molecule has 0 saturated heterocycles. The lowest BCUT2D eigenvalue weighted by Gasteiger charge is -2.41. The van der Waals surface area contributed by atoms with E-state index in [9.17, 15) is 18.0 Å². The summed E-state index contributed by atoms with van der Waals surface area (Å²) in [6.45, 7) is 3.92. The molecule has 2 N–H and O–H groups in total. The van der Waals surface area contributed by atoms with E-state index in [0.29, 0.717) is 12.2 Å². The number of sulfonamides is 1. The molecule has 8 heteroatoms. The number of carbonyl (C=O) groups excluding carboxylic acids is 2. The van der Waals surface area contributed by atoms with Gasteiger partial charge in [0.05, 0.1) is 22.3 Å². The minimum atomic E-state index is -3.76. The van der Waals surface area contributed by atoms with Crippen molar-refractivity contribution in [2.24, 2.45) is 11.1 Å². The van der Waals surface area contributed by atoms with Crippen LogP contribution in [0.5, 0.6) is 0 Å². The molecular weight excluding hydrogens is 390 g/mol. The standard InChI is InChI=1S/C21H23N3O4S/c1-13-12-23(21(26)16-3-4-16)20-11-17(7-10-19(20)24(13)14(2)25)15-5-8-18(9-6-15)29(22,27)28/h5-11,13,16H,3-4,12H2,1-2H3,(H2,22,27,28). The minimum absolute atomic E-state index is 0.0429. The summed E-state index contributed by atoms with van der Waals surface area (Å²) in [6.07, 6.45) is 1.81. The molecule has 4 rings (SSSR count). The number of nitrogens with zero attached hydrogens (tertiary/aromatic N) is 2. The lowest BCUT2D eigenvalue weighted by molar-refractivity contribution is -0.120. The van der Waals surface area contributed by atoms with Crippen LogP contribution in [-0.4, -0.2) is 32.8 Å². The van der Waals surface area contributed by atoms with E-state index in [0.717, 1.165) is 29.7 Å². The van der Waals surface area contributed by atoms with E-state index in [1.807, 2.05) is 25.1 Å². The van der Waals surface area contributed by atoms with E-state index in [1.54, 1.807) is 21.9 Å². The van der Waals surface area contributed by atoms with Gasteiger partial charge in [0.15, 0.2) is 0 Å². The number of amides is 2. The summed E-state index contributed by atoms with van der Waals surface area (Å²) >= 11 is 0. The third-order valence-corrected chi connectivity index (χ3v) is 6.39. The van der Waals surface area contributed by atoms with Crippen LogP contribution in [0, 0.1) is 5.92 Å². The second-order valence-corrected chi connectivity index (χ2v) is 9.30. The monoisotopic (exact) mass is 413 g/mol. The van der Waals surface area contributed by atoms with Gasteiger partial charge in [0.2, 0.25) is 21.8 Å². The molecule has 0 aromatic heterocycles. The molecule has 1 atom stereocenters. The predicted octanol–water partition coefficient (Wildman–Crippen LogP) is 2.50. The number of primary sulfonamides is 1. The van der Waals surface area contributed by atoms with Gasteiger partial charge in [-0.1, -0.05) is 18.2 Å². The second kappa shape index (κ2) is 6.96. The van der Waals surface area contributed by atoms with Crippen molar-refractivity contribution in [3.8, 4) is 11.1 Å². The van der Waals surface area contributed by atoms with E-state index in [2.05, 4.69) is 0 Å². The molecule has 0 spiro atoms. The molecule has 1 aliphatic carbocycles. The van der Waals surface area contributed by atoms with Crippen LogP contribution >= 0.6 is 0 Å². The lowest BCUT2D eigenvalue weighted by atomic mass is 10.00. The lowest BCUT2D eigenvalue weighted by Crippen LogP contribution is -2.51. The molecule has 2 aliphatic rings. The van der Waals surface area contributed by atoms with Crippen molar-refractivity contribution in [3.05, 3.63) is 42.5 Å². The fraction of sp³-hybridized carbons (Fsp3) is 0.333. The smallest absolute Gasteiger partial charge is 0.238 e. The van der Waals surface area contributed by atoms with Crippen LogP contribution in [0.25, 0.3) is 11.1 Å². The highest BCUT2D eigenvalue weighted by Crippen LogP contribution is 2.42. The van der Waals surface area contributed by atoms with Crippen LogP contribution in [0.3, 0.4) is 0 Å². The summed E-state index contributed by atoms with van der Waals surface area (Å²) < 4.78 is 23.0. The molecule has 1 aliphatic heterocycles. The van der Waals surface area contributed by atoms with Gasteiger partial charge in [0.1, 0.15) is 0 Å². The van der Waals surface area contributed by atoms with Crippen LogP contribution in [-0.2, 0) is 19.6 Å². The van der Waals surface area contributed by atoms with Crippen LogP contribution < -0.4 is 14.9 Å². The molecule has 1 unspecified atom stereocenters. The molecular formula is C21H23N3O4S. The van der Waals surface area contributed by atoms with Gasteiger partial charge in [0, 0.05) is 19.4 Å². The van der Waals surface area contributed by atoms with E-state index < -0.39 is 10.0 Å². The number of carbonyl (C=O) groups is 2. The SMILES string of the molecule is CC(=O)N1c2ccc(-c3ccc(S(N)(=O)=O)cc3)cc2N(C(=O)C2CC2)CC1C. The Bertz CT molecular complexity index is 1090. The highest BCUT2D eigenvalue weighted by atomic mass is 32.2. The summed E-state index contributed by atoms with van der Waals surface area (Å²) in [5.74, 6) is 0.0992. The number of nitrogens with two attached hydrogens (primary N) is 1. The highest BCUT2D eigenvalue weighted by molar-refractivity contribution is 7.89. The Labute approximate surface area is 170 Å². The van der Waals surface area contributed by atoms with Gasteiger partial charge in [-0.3, -0.25) is 9.59 Å². The predicted molar refractivity (Wildman–Crippen MR) is 111 cm³/mol. The van der Waals surface area contributed by atoms with E-state index >= 15 is 0 Å². The molecule has 2 aromatic carbocycles. The van der Waals surface area contributed by atoms with Crippen LogP contribution in [0.1, 0.15) is 26.7 Å². The van der Waals surface area contributed by atoms with Crippen molar-refractivity contribution in [1.82, 2.24) is 0 Å². The first-order valence-corrected chi connectivity index (χ1v) is 11.1. The van der Waals surface area contributed by atoms with E-state index in [1.165, 1.54) is 19.1 Å². The zero-order chi connectivity index (χ0) is 20.9. The molecule has 2 amide bonds. The van der Waals surface area contributed by atoms with Gasteiger partial charge < -0.3 is 9.80 Å². The average molecular weight is 413 g/mol. The fourth-order valence-electron chi connectivity index (χ4n) is 3.88. The molecule has 152 valence electrons. The Balaban J connectivity index is 1.78. The third-order valence-electron chi connectivity index (χ3n) is 5.46. The Hall–Kier alpha value is -2.71. The normalized spacial score (nSPS) is 19.1. The van der Waals surface area contributed by atoms with Crippen LogP contribution in [0.2, 0.25) is 0 Å². The quantitative estimate of drug-likeness (QED) is 0.835. The third kappa shape index (κ3) is 3.65. The Kier molecular flexibility index (Phi) is 4.71. The van der Waals surface area contributed by atoms with Crippen LogP contribution in [0.4, 0.5) is 11.4 Å². The summed E-state index contributed by atoms with van der Waals surface area (Å²) in [5, 5.41) is 5.17. The Morgan fingerprint density at radius 2 is 1.62 bits per heavy atom. The zero-order valence-corrected chi connectivity index (χ0v) is 17.1. The van der Waals surface area contributed by atoms with E-state index in [-0.39, 0.29) is 28.7 Å². The number of hydrogen-bond donors (Lipinski definition) is 1. The molecule has 1 saturated carbocycles. The average Bonchev–Trinajstić information content (AvgIpc) is 3.51. The zero-order valence-electron chi connectivity index (χ0n) is 16.3. The maximum absolute atomic E-state index is 12.9. The van der Waals surface area contributed by atoms with Gasteiger partial charge >= 0.3 is 0 Å². The topological polar surface area (TPSA) is 101 Å². The van der Waals surface area contributed by atoms with Gasteiger partial charge in [-0.05, 0) is 55.2 Å². The van der Waals surface area contributed by atoms with Gasteiger partial charge in [-0.25, -0.2) is 13.6 Å². The molecule has 29 heavy (non-hydrogen) atoms. The molecule has 1 heterocycles. The van der Waals surface area contributed by atoms with Crippen molar-refractivity contribution in [3.63, 3.8) is 0 Å². The van der Waals surface area contributed by atoms with Crippen molar-refractivity contribution >= 4 is 33.2 Å². The number of hydrogen-bond acceptors (Lipinski definition) is 4. The minimum Gasteiger partial charge on any atom is -0.308 e. The summed E-state index contributed by atoms with van der Waals surface area (Å²) in [6, 6.07) is 11.8. The van der Waals surface area contributed by atoms with Gasteiger partial charge in [0.25, 0.3) is 0 Å². The number of fused-ring (bicyclic) bond motifs is 1. The molecule has 2 aromatic rings. The molecule has 0 bridgehead atoms. The summed E-state index contributed by atoms with van der Waals surface area (Å²) in [5.41, 5.74) is 3.06. The van der Waals surface area contributed by atoms with Crippen molar-refractivity contribution in [2.45, 2.75) is 37.6 Å². The second-order valence-electron chi connectivity index (χ2n) is 7.73. The highest BCUT2D eigenvalue weighted by Gasteiger charge is 2.39. The van der Waals surface area contributed by atoms with Crippen molar-refractivity contribution in [1.29, 1.82) is 0 Å². The van der Waals surface area contributed by atoms with Crippen molar-refractivity contribution < 1.29 is 18.0 Å². The van der Waals surface area contributed by atoms with Crippen LogP contribution in [0.15, 0.2) is 47.4 Å². The van der Waals surface area contributed by atoms with Crippen molar-refractivity contribution in [2.75, 3.05) is 16.3 Å². The Morgan fingerprint density at radius 3 is 2.17 bits per heavy atom. The number of anilines is 2. The molecule has 1 fully saturated rings. The largest absolute Gasteiger partial charge is 0.308 e. The molecule has 0 radical (unpaired) electrons. The number of rotatable bonds is 3. The first-order valence-electron chi connectivity index (χ1n) is 9.55. The maximum Gasteiger partial charge on any atom is 0.238 e. The fourth-order valence-corrected chi connectivity index (χ4v) is 4.40. The summed E-state index contributed by atoms with van der Waals surface area (Å²) in [7, 11) is -3.76. The number of benzene rings is 2. The first kappa shape index (κ1) is 19.6. The Morgan fingerprint density at radius 1 is 1.00 bits per heavy atom. The summed E-state index contributed by atoms with van der Waals surface area (Å²) in [4.78, 5) is 28.7. The molecule has 7 nitrogen and oxygen atoms in total. The van der Waals surface area contributed by atoms with E-state index in [4.69, 9.17) is 5.14 Å². The maximum atomic E-state index is 12.9.